The summed E-state index contributed by atoms with van der Waals surface area (Å²) in [7, 11) is 0. The molecule has 0 unspecified atom stereocenters. The van der Waals surface area contributed by atoms with Crippen molar-refractivity contribution in [3.63, 3.8) is 0 Å². The molecular formula is C18H21NO2. The third kappa shape index (κ3) is 4.23. The zero-order valence-electron chi connectivity index (χ0n) is 12.3. The van der Waals surface area contributed by atoms with Crippen molar-refractivity contribution in [2.75, 3.05) is 6.61 Å². The van der Waals surface area contributed by atoms with Gasteiger partial charge in [0.1, 0.15) is 17.2 Å². The molecule has 0 bridgehead atoms. The summed E-state index contributed by atoms with van der Waals surface area (Å²) in [4.78, 5) is 0. The molecule has 3 nitrogen and oxygen atoms in total. The van der Waals surface area contributed by atoms with Crippen LogP contribution in [0.1, 0.15) is 25.3 Å². The number of hydrogen-bond donors (Lipinski definition) is 1. The Balaban J connectivity index is 1.59. The molecule has 1 saturated carbocycles. The van der Waals surface area contributed by atoms with Gasteiger partial charge in [0.05, 0.1) is 6.61 Å². The van der Waals surface area contributed by atoms with Gasteiger partial charge in [-0.2, -0.15) is 0 Å². The minimum absolute atomic E-state index is 0.659. The minimum Gasteiger partial charge on any atom is -0.494 e. The van der Waals surface area contributed by atoms with Crippen molar-refractivity contribution in [1.82, 2.24) is 5.32 Å². The molecule has 1 N–H and O–H groups in total. The van der Waals surface area contributed by atoms with Crippen molar-refractivity contribution < 1.29 is 9.47 Å². The number of hydrogen-bond acceptors (Lipinski definition) is 3. The molecule has 0 saturated heterocycles. The smallest absolute Gasteiger partial charge is 0.131 e. The topological polar surface area (TPSA) is 30.5 Å². The highest BCUT2D eigenvalue weighted by Gasteiger charge is 2.19. The minimum atomic E-state index is 0.659. The molecule has 1 aliphatic rings. The first-order valence-corrected chi connectivity index (χ1v) is 7.56. The third-order valence-electron chi connectivity index (χ3n) is 3.45. The second-order valence-corrected chi connectivity index (χ2v) is 5.31. The summed E-state index contributed by atoms with van der Waals surface area (Å²) < 4.78 is 11.3. The fraction of sp³-hybridized carbons (Fsp3) is 0.333. The second-order valence-electron chi connectivity index (χ2n) is 5.31. The molecule has 2 aromatic rings. The molecule has 0 amide bonds. The van der Waals surface area contributed by atoms with Gasteiger partial charge < -0.3 is 14.8 Å². The van der Waals surface area contributed by atoms with Gasteiger partial charge in [-0.05, 0) is 49.6 Å². The van der Waals surface area contributed by atoms with Crippen molar-refractivity contribution in [1.29, 1.82) is 0 Å². The Morgan fingerprint density at radius 2 is 1.76 bits per heavy atom. The molecule has 3 rings (SSSR count). The van der Waals surface area contributed by atoms with E-state index in [1.807, 2.05) is 43.3 Å². The monoisotopic (exact) mass is 283 g/mol. The number of rotatable bonds is 7. The average molecular weight is 283 g/mol. The predicted octanol–water partition coefficient (Wildman–Crippen LogP) is 4.13. The standard InChI is InChI=1S/C18H21NO2/c1-2-20-17-4-3-5-18(12-17)21-16-10-6-14(7-11-16)13-19-15-8-9-15/h3-7,10-12,15,19H,2,8-9,13H2,1H3. The van der Waals surface area contributed by atoms with Gasteiger partial charge in [0, 0.05) is 18.7 Å². The molecule has 1 aliphatic carbocycles. The van der Waals surface area contributed by atoms with Gasteiger partial charge in [0.2, 0.25) is 0 Å². The van der Waals surface area contributed by atoms with Crippen molar-refractivity contribution in [2.45, 2.75) is 32.4 Å². The molecule has 0 heterocycles. The molecule has 3 heteroatoms. The maximum atomic E-state index is 5.86. The van der Waals surface area contributed by atoms with Gasteiger partial charge in [0.15, 0.2) is 0 Å². The first-order chi connectivity index (χ1) is 10.3. The molecule has 110 valence electrons. The number of nitrogens with one attached hydrogen (secondary N) is 1. The molecule has 0 atom stereocenters. The maximum Gasteiger partial charge on any atom is 0.131 e. The summed E-state index contributed by atoms with van der Waals surface area (Å²) in [5.74, 6) is 2.48. The Kier molecular flexibility index (Phi) is 4.41. The molecule has 0 aliphatic heterocycles. The largest absolute Gasteiger partial charge is 0.494 e. The Hall–Kier alpha value is -2.00. The van der Waals surface area contributed by atoms with Crippen LogP contribution in [0.5, 0.6) is 17.2 Å². The van der Waals surface area contributed by atoms with Crippen molar-refractivity contribution >= 4 is 0 Å². The van der Waals surface area contributed by atoms with Crippen LogP contribution in [0.4, 0.5) is 0 Å². The maximum absolute atomic E-state index is 5.86. The summed E-state index contributed by atoms with van der Waals surface area (Å²) in [6.07, 6.45) is 2.63. The van der Waals surface area contributed by atoms with Gasteiger partial charge in [-0.3, -0.25) is 0 Å². The molecule has 0 aromatic heterocycles. The summed E-state index contributed by atoms with van der Waals surface area (Å²) in [5.41, 5.74) is 1.29. The Morgan fingerprint density at radius 1 is 1.00 bits per heavy atom. The Labute approximate surface area is 125 Å². The van der Waals surface area contributed by atoms with Crippen LogP contribution >= 0.6 is 0 Å². The quantitative estimate of drug-likeness (QED) is 0.828. The van der Waals surface area contributed by atoms with Crippen LogP contribution in [0.15, 0.2) is 48.5 Å². The molecule has 0 spiro atoms. The van der Waals surface area contributed by atoms with Crippen LogP contribution in [0, 0.1) is 0 Å². The van der Waals surface area contributed by atoms with E-state index in [0.29, 0.717) is 6.61 Å². The predicted molar refractivity (Wildman–Crippen MR) is 84.0 cm³/mol. The van der Waals surface area contributed by atoms with E-state index in [-0.39, 0.29) is 0 Å². The average Bonchev–Trinajstić information content (AvgIpc) is 3.32. The summed E-state index contributed by atoms with van der Waals surface area (Å²) >= 11 is 0. The lowest BCUT2D eigenvalue weighted by Gasteiger charge is -2.09. The van der Waals surface area contributed by atoms with Crippen LogP contribution in [0.25, 0.3) is 0 Å². The fourth-order valence-corrected chi connectivity index (χ4v) is 2.16. The van der Waals surface area contributed by atoms with E-state index in [9.17, 15) is 0 Å². The number of ether oxygens (including phenoxy) is 2. The van der Waals surface area contributed by atoms with Gasteiger partial charge >= 0.3 is 0 Å². The summed E-state index contributed by atoms with van der Waals surface area (Å²) in [6.45, 7) is 3.57. The van der Waals surface area contributed by atoms with E-state index in [2.05, 4.69) is 17.4 Å². The Bertz CT molecular complexity index is 576. The van der Waals surface area contributed by atoms with E-state index < -0.39 is 0 Å². The van der Waals surface area contributed by atoms with Gasteiger partial charge in [-0.25, -0.2) is 0 Å². The van der Waals surface area contributed by atoms with Crippen LogP contribution in [-0.4, -0.2) is 12.6 Å². The highest BCUT2D eigenvalue weighted by molar-refractivity contribution is 5.37. The van der Waals surface area contributed by atoms with E-state index in [1.54, 1.807) is 0 Å². The van der Waals surface area contributed by atoms with E-state index >= 15 is 0 Å². The van der Waals surface area contributed by atoms with E-state index in [0.717, 1.165) is 29.8 Å². The zero-order valence-corrected chi connectivity index (χ0v) is 12.3. The van der Waals surface area contributed by atoms with Crippen LogP contribution < -0.4 is 14.8 Å². The zero-order chi connectivity index (χ0) is 14.5. The van der Waals surface area contributed by atoms with Crippen molar-refractivity contribution in [3.8, 4) is 17.2 Å². The summed E-state index contributed by atoms with van der Waals surface area (Å²) in [6, 6.07) is 16.7. The van der Waals surface area contributed by atoms with Crippen LogP contribution in [0.2, 0.25) is 0 Å². The highest BCUT2D eigenvalue weighted by Crippen LogP contribution is 2.26. The van der Waals surface area contributed by atoms with Crippen LogP contribution in [0.3, 0.4) is 0 Å². The van der Waals surface area contributed by atoms with Crippen molar-refractivity contribution in [3.05, 3.63) is 54.1 Å². The lowest BCUT2D eigenvalue weighted by atomic mass is 10.2. The van der Waals surface area contributed by atoms with E-state index in [1.165, 1.54) is 18.4 Å². The third-order valence-corrected chi connectivity index (χ3v) is 3.45. The van der Waals surface area contributed by atoms with E-state index in [4.69, 9.17) is 9.47 Å². The van der Waals surface area contributed by atoms with Gasteiger partial charge in [-0.15, -0.1) is 0 Å². The molecule has 2 aromatic carbocycles. The number of benzene rings is 2. The fourth-order valence-electron chi connectivity index (χ4n) is 2.16. The SMILES string of the molecule is CCOc1cccc(Oc2ccc(CNC3CC3)cc2)c1. The molecule has 21 heavy (non-hydrogen) atoms. The molecular weight excluding hydrogens is 262 g/mol. The van der Waals surface area contributed by atoms with Crippen LogP contribution in [-0.2, 0) is 6.54 Å². The second kappa shape index (κ2) is 6.64. The molecule has 1 fully saturated rings. The lowest BCUT2D eigenvalue weighted by Crippen LogP contribution is -2.14. The summed E-state index contributed by atoms with van der Waals surface area (Å²) in [5, 5.41) is 3.51. The lowest BCUT2D eigenvalue weighted by molar-refractivity contribution is 0.338. The molecule has 0 radical (unpaired) electrons. The Morgan fingerprint density at radius 3 is 2.48 bits per heavy atom. The highest BCUT2D eigenvalue weighted by atomic mass is 16.5. The van der Waals surface area contributed by atoms with Gasteiger partial charge in [-0.1, -0.05) is 18.2 Å². The van der Waals surface area contributed by atoms with Crippen molar-refractivity contribution in [2.24, 2.45) is 0 Å². The van der Waals surface area contributed by atoms with Gasteiger partial charge in [0.25, 0.3) is 0 Å². The first kappa shape index (κ1) is 14.0. The first-order valence-electron chi connectivity index (χ1n) is 7.56. The normalized spacial score (nSPS) is 14.0.